The third-order valence-corrected chi connectivity index (χ3v) is 7.20. The van der Waals surface area contributed by atoms with Crippen molar-refractivity contribution in [1.29, 1.82) is 0 Å². The fraction of sp³-hybridized carbons (Fsp3) is 0.308. The summed E-state index contributed by atoms with van der Waals surface area (Å²) < 4.78 is 4.30. The van der Waals surface area contributed by atoms with Crippen molar-refractivity contribution in [3.05, 3.63) is 67.3 Å². The summed E-state index contributed by atoms with van der Waals surface area (Å²) in [4.78, 5) is 14.7. The molecule has 8 nitrogen and oxygen atoms in total. The molecule has 0 amide bonds. The Hall–Kier alpha value is -3.27. The summed E-state index contributed by atoms with van der Waals surface area (Å²) in [6.07, 6.45) is 9.78. The fourth-order valence-corrected chi connectivity index (χ4v) is 5.15. The van der Waals surface area contributed by atoms with Gasteiger partial charge < -0.3 is 10.6 Å². The molecule has 0 aliphatic carbocycles. The molecule has 0 radical (unpaired) electrons. The number of pyridine rings is 1. The normalized spacial score (nSPS) is 14.4. The minimum absolute atomic E-state index is 0.552. The predicted molar refractivity (Wildman–Crippen MR) is 141 cm³/mol. The van der Waals surface area contributed by atoms with Crippen LogP contribution in [-0.4, -0.2) is 55.2 Å². The first-order valence-electron chi connectivity index (χ1n) is 12.0. The molecule has 3 aromatic heterocycles. The number of aryl methyl sites for hydroxylation is 1. The second-order valence-corrected chi connectivity index (χ2v) is 9.75. The van der Waals surface area contributed by atoms with Gasteiger partial charge in [-0.3, -0.25) is 9.67 Å². The Bertz CT molecular complexity index is 1240. The molecule has 1 aliphatic rings. The van der Waals surface area contributed by atoms with Gasteiger partial charge in [0.05, 0.1) is 5.69 Å². The van der Waals surface area contributed by atoms with Gasteiger partial charge in [0.25, 0.3) is 0 Å². The van der Waals surface area contributed by atoms with Crippen LogP contribution in [-0.2, 0) is 6.54 Å². The smallest absolute Gasteiger partial charge is 0.227 e. The molecule has 4 heterocycles. The zero-order valence-corrected chi connectivity index (χ0v) is 20.9. The molecule has 5 rings (SSSR count). The maximum absolute atomic E-state index is 4.79. The van der Waals surface area contributed by atoms with Crippen LogP contribution in [0.1, 0.15) is 19.8 Å². The van der Waals surface area contributed by atoms with Crippen LogP contribution in [0.3, 0.4) is 0 Å². The van der Waals surface area contributed by atoms with Crippen molar-refractivity contribution in [3.63, 3.8) is 0 Å². The highest BCUT2D eigenvalue weighted by molar-refractivity contribution is 7.97. The van der Waals surface area contributed by atoms with Crippen LogP contribution >= 0.6 is 11.9 Å². The van der Waals surface area contributed by atoms with Crippen LogP contribution in [0.4, 0.5) is 11.6 Å². The Morgan fingerprint density at radius 3 is 2.69 bits per heavy atom. The summed E-state index contributed by atoms with van der Waals surface area (Å²) >= 11 is 1.80. The van der Waals surface area contributed by atoms with Gasteiger partial charge in [-0.1, -0.05) is 0 Å². The Labute approximate surface area is 210 Å². The Morgan fingerprint density at radius 2 is 1.94 bits per heavy atom. The average Bonchev–Trinajstić information content (AvgIpc) is 3.36. The molecule has 9 heteroatoms. The molecule has 35 heavy (non-hydrogen) atoms. The molecule has 0 bridgehead atoms. The van der Waals surface area contributed by atoms with Crippen molar-refractivity contribution in [1.82, 2.24) is 34.4 Å². The van der Waals surface area contributed by atoms with Crippen LogP contribution in [0.2, 0.25) is 0 Å². The van der Waals surface area contributed by atoms with Gasteiger partial charge in [0.15, 0.2) is 0 Å². The molecular weight excluding hydrogens is 456 g/mol. The predicted octanol–water partition coefficient (Wildman–Crippen LogP) is 4.86. The molecule has 2 N–H and O–H groups in total. The molecule has 180 valence electrons. The second kappa shape index (κ2) is 11.0. The standard InChI is InChI=1S/C26H30N8S/c1-3-34-18-23(25(32-34)19-5-4-13-28-17-19)24-12-16-29-26(31-24)30-20-6-8-22(9-7-20)35-33(2)21-10-14-27-15-11-21/h4-9,12-13,16-18,21,27H,3,10-11,14-15H2,1-2H3,(H,29,30,31). The topological polar surface area (TPSA) is 83.8 Å². The molecule has 0 spiro atoms. The van der Waals surface area contributed by atoms with Gasteiger partial charge in [0.2, 0.25) is 5.95 Å². The number of hydrogen-bond donors (Lipinski definition) is 2. The van der Waals surface area contributed by atoms with Crippen LogP contribution in [0, 0.1) is 0 Å². The zero-order valence-electron chi connectivity index (χ0n) is 20.1. The Morgan fingerprint density at radius 1 is 1.11 bits per heavy atom. The van der Waals surface area contributed by atoms with Crippen molar-refractivity contribution in [2.24, 2.45) is 0 Å². The number of aromatic nitrogens is 5. The van der Waals surface area contributed by atoms with Gasteiger partial charge in [0.1, 0.15) is 5.69 Å². The molecule has 1 aliphatic heterocycles. The minimum Gasteiger partial charge on any atom is -0.324 e. The van der Waals surface area contributed by atoms with Gasteiger partial charge in [-0.05, 0) is 94.3 Å². The molecular formula is C26H30N8S. The lowest BCUT2D eigenvalue weighted by molar-refractivity contribution is 0.317. The first-order chi connectivity index (χ1) is 17.2. The number of rotatable bonds is 8. The number of anilines is 2. The Kier molecular flexibility index (Phi) is 7.37. The molecule has 0 saturated carbocycles. The maximum atomic E-state index is 4.79. The fourth-order valence-electron chi connectivity index (χ4n) is 4.20. The van der Waals surface area contributed by atoms with E-state index in [9.17, 15) is 0 Å². The summed E-state index contributed by atoms with van der Waals surface area (Å²) in [5.74, 6) is 0.552. The average molecular weight is 487 g/mol. The summed E-state index contributed by atoms with van der Waals surface area (Å²) in [6, 6.07) is 14.9. The van der Waals surface area contributed by atoms with Crippen molar-refractivity contribution in [2.75, 3.05) is 25.5 Å². The molecule has 0 unspecified atom stereocenters. The lowest BCUT2D eigenvalue weighted by Crippen LogP contribution is -2.38. The van der Waals surface area contributed by atoms with E-state index in [-0.39, 0.29) is 0 Å². The number of piperidine rings is 1. The summed E-state index contributed by atoms with van der Waals surface area (Å²) in [6.45, 7) is 5.05. The highest BCUT2D eigenvalue weighted by Crippen LogP contribution is 2.31. The third kappa shape index (κ3) is 5.70. The van der Waals surface area contributed by atoms with E-state index >= 15 is 0 Å². The molecule has 1 fully saturated rings. The molecule has 1 aromatic carbocycles. The van der Waals surface area contributed by atoms with Gasteiger partial charge in [-0.2, -0.15) is 5.10 Å². The van der Waals surface area contributed by atoms with Crippen molar-refractivity contribution >= 4 is 23.6 Å². The molecule has 4 aromatic rings. The largest absolute Gasteiger partial charge is 0.324 e. The van der Waals surface area contributed by atoms with Crippen molar-refractivity contribution in [3.8, 4) is 22.5 Å². The number of nitrogens with one attached hydrogen (secondary N) is 2. The number of nitrogens with zero attached hydrogens (tertiary/aromatic N) is 6. The SMILES string of the molecule is CCn1cc(-c2ccnc(Nc3ccc(SN(C)C4CCNCC4)cc3)n2)c(-c2cccnc2)n1. The number of hydrogen-bond acceptors (Lipinski definition) is 8. The van der Waals surface area contributed by atoms with E-state index in [1.54, 1.807) is 24.3 Å². The third-order valence-electron chi connectivity index (χ3n) is 6.13. The number of benzene rings is 1. The van der Waals surface area contributed by atoms with E-state index in [0.717, 1.165) is 47.8 Å². The van der Waals surface area contributed by atoms with Crippen LogP contribution in [0.25, 0.3) is 22.5 Å². The summed E-state index contributed by atoms with van der Waals surface area (Å²) in [7, 11) is 2.19. The Balaban J connectivity index is 1.31. The second-order valence-electron chi connectivity index (χ2n) is 8.52. The molecule has 1 saturated heterocycles. The van der Waals surface area contributed by atoms with Gasteiger partial charge in [-0.15, -0.1) is 0 Å². The lowest BCUT2D eigenvalue weighted by Gasteiger charge is -2.30. The van der Waals surface area contributed by atoms with E-state index in [4.69, 9.17) is 10.1 Å². The zero-order chi connectivity index (χ0) is 24.0. The van der Waals surface area contributed by atoms with E-state index in [2.05, 4.69) is 63.1 Å². The van der Waals surface area contributed by atoms with E-state index in [1.807, 2.05) is 35.3 Å². The minimum atomic E-state index is 0.552. The van der Waals surface area contributed by atoms with Crippen LogP contribution in [0.15, 0.2) is 72.1 Å². The maximum Gasteiger partial charge on any atom is 0.227 e. The van der Waals surface area contributed by atoms with Crippen LogP contribution < -0.4 is 10.6 Å². The van der Waals surface area contributed by atoms with E-state index < -0.39 is 0 Å². The monoisotopic (exact) mass is 486 g/mol. The van der Waals surface area contributed by atoms with Gasteiger partial charge in [-0.25, -0.2) is 14.3 Å². The summed E-state index contributed by atoms with van der Waals surface area (Å²) in [5, 5.41) is 11.5. The van der Waals surface area contributed by atoms with Crippen molar-refractivity contribution in [2.45, 2.75) is 37.2 Å². The van der Waals surface area contributed by atoms with E-state index in [0.29, 0.717) is 12.0 Å². The first-order valence-corrected chi connectivity index (χ1v) is 12.8. The highest BCUT2D eigenvalue weighted by Gasteiger charge is 2.19. The first kappa shape index (κ1) is 23.5. The lowest BCUT2D eigenvalue weighted by atomic mass is 10.1. The van der Waals surface area contributed by atoms with Gasteiger partial charge in [0, 0.05) is 59.1 Å². The summed E-state index contributed by atoms with van der Waals surface area (Å²) in [5.41, 5.74) is 4.55. The van der Waals surface area contributed by atoms with Crippen LogP contribution in [0.5, 0.6) is 0 Å². The highest BCUT2D eigenvalue weighted by atomic mass is 32.2. The van der Waals surface area contributed by atoms with Gasteiger partial charge >= 0.3 is 0 Å². The van der Waals surface area contributed by atoms with E-state index in [1.165, 1.54) is 17.7 Å². The van der Waals surface area contributed by atoms with Crippen molar-refractivity contribution < 1.29 is 0 Å². The quantitative estimate of drug-likeness (QED) is 0.342. The molecule has 0 atom stereocenters.